The zero-order chi connectivity index (χ0) is 12.4. The van der Waals surface area contributed by atoms with Crippen molar-refractivity contribution in [3.8, 4) is 0 Å². The monoisotopic (exact) mass is 251 g/mol. The quantitative estimate of drug-likeness (QED) is 0.336. The van der Waals surface area contributed by atoms with E-state index < -0.39 is 12.0 Å². The first-order valence-corrected chi connectivity index (χ1v) is 5.54. The number of halogens is 1. The molecule has 0 heterocycles. The fourth-order valence-electron chi connectivity index (χ4n) is 1.09. The van der Waals surface area contributed by atoms with Crippen molar-refractivity contribution in [2.45, 2.75) is 31.7 Å². The second kappa shape index (κ2) is 9.38. The van der Waals surface area contributed by atoms with Crippen LogP contribution in [0.2, 0.25) is 0 Å². The molecule has 1 unspecified atom stereocenters. The van der Waals surface area contributed by atoms with E-state index in [4.69, 9.17) is 22.6 Å². The van der Waals surface area contributed by atoms with Crippen LogP contribution in [0.1, 0.15) is 25.7 Å². The smallest absolute Gasteiger partial charge is 0.303 e. The standard InChI is InChI=1S/C9H18ClN3O3/c10-13-6-4-7(11)9(16)12-5-2-1-3-8(14)15/h7,13H,1-6,11H2,(H,12,16)(H,14,15). The lowest BCUT2D eigenvalue weighted by molar-refractivity contribution is -0.137. The molecule has 0 fully saturated rings. The average Bonchev–Trinajstić information content (AvgIpc) is 2.24. The highest BCUT2D eigenvalue weighted by atomic mass is 35.5. The van der Waals surface area contributed by atoms with Gasteiger partial charge in [0.15, 0.2) is 0 Å². The first-order valence-electron chi connectivity index (χ1n) is 5.16. The number of hydrogen-bond donors (Lipinski definition) is 4. The van der Waals surface area contributed by atoms with Gasteiger partial charge in [0.05, 0.1) is 6.04 Å². The van der Waals surface area contributed by atoms with Crippen molar-refractivity contribution < 1.29 is 14.7 Å². The summed E-state index contributed by atoms with van der Waals surface area (Å²) in [4.78, 5) is 23.9. The molecule has 0 saturated carbocycles. The van der Waals surface area contributed by atoms with Crippen molar-refractivity contribution in [3.05, 3.63) is 0 Å². The van der Waals surface area contributed by atoms with Crippen LogP contribution in [0, 0.1) is 0 Å². The maximum Gasteiger partial charge on any atom is 0.303 e. The molecule has 0 aromatic heterocycles. The lowest BCUT2D eigenvalue weighted by atomic mass is 10.2. The zero-order valence-electron chi connectivity index (χ0n) is 9.04. The lowest BCUT2D eigenvalue weighted by Gasteiger charge is -2.11. The maximum atomic E-state index is 11.3. The maximum absolute atomic E-state index is 11.3. The van der Waals surface area contributed by atoms with Crippen molar-refractivity contribution in [3.63, 3.8) is 0 Å². The highest BCUT2D eigenvalue weighted by Crippen LogP contribution is 1.94. The van der Waals surface area contributed by atoms with Gasteiger partial charge in [0.2, 0.25) is 5.91 Å². The summed E-state index contributed by atoms with van der Waals surface area (Å²) >= 11 is 5.23. The molecule has 0 aromatic rings. The molecule has 0 radical (unpaired) electrons. The number of hydrogen-bond acceptors (Lipinski definition) is 4. The Morgan fingerprint density at radius 1 is 1.31 bits per heavy atom. The fourth-order valence-corrected chi connectivity index (χ4v) is 1.19. The molecular weight excluding hydrogens is 234 g/mol. The molecule has 6 nitrogen and oxygen atoms in total. The molecule has 1 amide bonds. The molecule has 1 atom stereocenters. The summed E-state index contributed by atoms with van der Waals surface area (Å²) in [6, 6.07) is -0.578. The molecule has 0 aliphatic rings. The van der Waals surface area contributed by atoms with Crippen molar-refractivity contribution in [1.82, 2.24) is 10.2 Å². The van der Waals surface area contributed by atoms with E-state index in [-0.39, 0.29) is 12.3 Å². The first-order chi connectivity index (χ1) is 7.57. The molecule has 0 bridgehead atoms. The topological polar surface area (TPSA) is 104 Å². The van der Waals surface area contributed by atoms with Crippen LogP contribution in [-0.4, -0.2) is 36.1 Å². The van der Waals surface area contributed by atoms with E-state index in [1.54, 1.807) is 0 Å². The van der Waals surface area contributed by atoms with Crippen LogP contribution in [0.5, 0.6) is 0 Å². The normalized spacial score (nSPS) is 12.1. The summed E-state index contributed by atoms with van der Waals surface area (Å²) in [5.74, 6) is -1.06. The number of unbranched alkanes of at least 4 members (excludes halogenated alkanes) is 1. The summed E-state index contributed by atoms with van der Waals surface area (Å²) < 4.78 is 0. The van der Waals surface area contributed by atoms with Crippen molar-refractivity contribution in [1.29, 1.82) is 0 Å². The molecule has 7 heteroatoms. The van der Waals surface area contributed by atoms with Gasteiger partial charge in [0, 0.05) is 19.5 Å². The summed E-state index contributed by atoms with van der Waals surface area (Å²) in [5, 5.41) is 11.0. The molecule has 16 heavy (non-hydrogen) atoms. The third-order valence-corrected chi connectivity index (χ3v) is 2.19. The lowest BCUT2D eigenvalue weighted by Crippen LogP contribution is -2.42. The SMILES string of the molecule is NC(CCNCl)C(=O)NCCCCC(=O)O. The van der Waals surface area contributed by atoms with Crippen LogP contribution in [0.4, 0.5) is 0 Å². The Bertz CT molecular complexity index is 226. The van der Waals surface area contributed by atoms with Gasteiger partial charge in [-0.1, -0.05) is 0 Å². The number of carboxylic acid groups (broad SMARTS) is 1. The molecule has 0 aromatic carbocycles. The van der Waals surface area contributed by atoms with E-state index >= 15 is 0 Å². The Morgan fingerprint density at radius 3 is 2.56 bits per heavy atom. The molecular formula is C9H18ClN3O3. The summed E-state index contributed by atoms with van der Waals surface area (Å²) in [7, 11) is 0. The first kappa shape index (κ1) is 15.2. The van der Waals surface area contributed by atoms with Gasteiger partial charge in [0.25, 0.3) is 0 Å². The largest absolute Gasteiger partial charge is 0.481 e. The number of carbonyl (C=O) groups is 2. The molecule has 0 saturated heterocycles. The van der Waals surface area contributed by atoms with Crippen LogP contribution in [0.3, 0.4) is 0 Å². The molecule has 5 N–H and O–H groups in total. The fraction of sp³-hybridized carbons (Fsp3) is 0.778. The second-order valence-electron chi connectivity index (χ2n) is 3.42. The zero-order valence-corrected chi connectivity index (χ0v) is 9.79. The summed E-state index contributed by atoms with van der Waals surface area (Å²) in [5.41, 5.74) is 5.56. The van der Waals surface area contributed by atoms with Gasteiger partial charge in [-0.05, 0) is 31.0 Å². The molecule has 0 aliphatic heterocycles. The van der Waals surface area contributed by atoms with Crippen molar-refractivity contribution >= 4 is 23.7 Å². The van der Waals surface area contributed by atoms with Gasteiger partial charge in [0.1, 0.15) is 0 Å². The van der Waals surface area contributed by atoms with E-state index in [9.17, 15) is 9.59 Å². The second-order valence-corrected chi connectivity index (χ2v) is 3.69. The number of nitrogens with two attached hydrogens (primary N) is 1. The number of nitrogens with one attached hydrogen (secondary N) is 2. The third-order valence-electron chi connectivity index (χ3n) is 2.00. The predicted molar refractivity (Wildman–Crippen MR) is 60.9 cm³/mol. The summed E-state index contributed by atoms with van der Waals surface area (Å²) in [6.07, 6.45) is 1.77. The minimum Gasteiger partial charge on any atom is -0.481 e. The Hall–Kier alpha value is -0.850. The van der Waals surface area contributed by atoms with Gasteiger partial charge in [-0.3, -0.25) is 9.59 Å². The van der Waals surface area contributed by atoms with Crippen LogP contribution in [0.15, 0.2) is 0 Å². The Kier molecular flexibility index (Phi) is 8.88. The van der Waals surface area contributed by atoms with Gasteiger partial charge < -0.3 is 16.2 Å². The molecule has 0 rings (SSSR count). The van der Waals surface area contributed by atoms with E-state index in [0.717, 1.165) is 0 Å². The molecule has 94 valence electrons. The highest BCUT2D eigenvalue weighted by Gasteiger charge is 2.11. The number of carboxylic acids is 1. The molecule has 0 aliphatic carbocycles. The number of aliphatic carboxylic acids is 1. The Morgan fingerprint density at radius 2 is 2.00 bits per heavy atom. The number of rotatable bonds is 9. The van der Waals surface area contributed by atoms with E-state index in [2.05, 4.69) is 10.2 Å². The van der Waals surface area contributed by atoms with Gasteiger partial charge >= 0.3 is 5.97 Å². The minimum atomic E-state index is -0.823. The summed E-state index contributed by atoms with van der Waals surface area (Å²) in [6.45, 7) is 0.920. The minimum absolute atomic E-state index is 0.123. The van der Waals surface area contributed by atoms with E-state index in [1.807, 2.05) is 0 Å². The van der Waals surface area contributed by atoms with E-state index in [0.29, 0.717) is 32.4 Å². The third kappa shape index (κ3) is 8.46. The van der Waals surface area contributed by atoms with Gasteiger partial charge in [-0.15, -0.1) is 0 Å². The van der Waals surface area contributed by atoms with Crippen molar-refractivity contribution in [2.75, 3.05) is 13.1 Å². The Labute approximate surface area is 99.6 Å². The Balaban J connectivity index is 3.45. The van der Waals surface area contributed by atoms with Gasteiger partial charge in [-0.25, -0.2) is 4.84 Å². The van der Waals surface area contributed by atoms with E-state index in [1.165, 1.54) is 0 Å². The predicted octanol–water partition coefficient (Wildman–Crippen LogP) is -0.182. The van der Waals surface area contributed by atoms with Gasteiger partial charge in [-0.2, -0.15) is 0 Å². The highest BCUT2D eigenvalue weighted by molar-refractivity contribution is 6.13. The van der Waals surface area contributed by atoms with Crippen LogP contribution in [-0.2, 0) is 9.59 Å². The van der Waals surface area contributed by atoms with Crippen molar-refractivity contribution in [2.24, 2.45) is 5.73 Å². The van der Waals surface area contributed by atoms with Crippen LogP contribution < -0.4 is 15.9 Å². The number of carbonyl (C=O) groups excluding carboxylic acids is 1. The van der Waals surface area contributed by atoms with Crippen LogP contribution in [0.25, 0.3) is 0 Å². The van der Waals surface area contributed by atoms with Crippen LogP contribution >= 0.6 is 11.8 Å². The average molecular weight is 252 g/mol. The number of amides is 1. The molecule has 0 spiro atoms.